The van der Waals surface area contributed by atoms with Crippen LogP contribution < -0.4 is 0 Å². The van der Waals surface area contributed by atoms with Gasteiger partial charge >= 0.3 is 0 Å². The Balaban J connectivity index is 1.80. The molecule has 0 saturated carbocycles. The first-order valence-electron chi connectivity index (χ1n) is 7.81. The van der Waals surface area contributed by atoms with Crippen molar-refractivity contribution in [1.82, 2.24) is 8.61 Å². The van der Waals surface area contributed by atoms with Gasteiger partial charge < -0.3 is 0 Å². The Kier molecular flexibility index (Phi) is 4.08. The summed E-state index contributed by atoms with van der Waals surface area (Å²) in [6.45, 7) is 3.51. The maximum absolute atomic E-state index is 12.8. The zero-order valence-corrected chi connectivity index (χ0v) is 13.6. The smallest absolute Gasteiger partial charge is 0.195 e. The maximum Gasteiger partial charge on any atom is 0.282 e. The Labute approximate surface area is 127 Å². The molecule has 4 nitrogen and oxygen atoms in total. The molecule has 1 heterocycles. The zero-order chi connectivity index (χ0) is 15.0. The number of piperidine rings is 1. The molecule has 21 heavy (non-hydrogen) atoms. The van der Waals surface area contributed by atoms with Gasteiger partial charge in [0.25, 0.3) is 10.2 Å². The lowest BCUT2D eigenvalue weighted by Crippen LogP contribution is -2.46. The van der Waals surface area contributed by atoms with E-state index in [0.717, 1.165) is 25.7 Å². The molecule has 0 aromatic heterocycles. The first-order chi connectivity index (χ1) is 10.00. The predicted octanol–water partition coefficient (Wildman–Crippen LogP) is 2.58. The van der Waals surface area contributed by atoms with Crippen molar-refractivity contribution in [3.05, 3.63) is 35.4 Å². The fraction of sp³-hybridized carbons (Fsp3) is 0.625. The van der Waals surface area contributed by atoms with Crippen LogP contribution in [-0.2, 0) is 16.6 Å². The summed E-state index contributed by atoms with van der Waals surface area (Å²) < 4.78 is 28.9. The van der Waals surface area contributed by atoms with Gasteiger partial charge in [0, 0.05) is 20.1 Å². The van der Waals surface area contributed by atoms with Crippen LogP contribution in [0.25, 0.3) is 0 Å². The van der Waals surface area contributed by atoms with Crippen LogP contribution in [-0.4, -0.2) is 37.2 Å². The Morgan fingerprint density at radius 3 is 2.52 bits per heavy atom. The fourth-order valence-corrected chi connectivity index (χ4v) is 5.05. The van der Waals surface area contributed by atoms with Crippen LogP contribution in [0.1, 0.15) is 43.4 Å². The van der Waals surface area contributed by atoms with E-state index in [-0.39, 0.29) is 6.04 Å². The Bertz CT molecular complexity index is 606. The largest absolute Gasteiger partial charge is 0.282 e. The van der Waals surface area contributed by atoms with E-state index in [0.29, 0.717) is 19.0 Å². The highest BCUT2D eigenvalue weighted by Crippen LogP contribution is 2.37. The minimum Gasteiger partial charge on any atom is -0.195 e. The molecule has 1 aromatic rings. The quantitative estimate of drug-likeness (QED) is 0.861. The molecule has 1 aromatic carbocycles. The molecule has 1 atom stereocenters. The van der Waals surface area contributed by atoms with Crippen LogP contribution >= 0.6 is 0 Å². The predicted molar refractivity (Wildman–Crippen MR) is 84.2 cm³/mol. The number of hydrogen-bond donors (Lipinski definition) is 0. The molecule has 0 spiro atoms. The summed E-state index contributed by atoms with van der Waals surface area (Å²) in [5, 5.41) is 0. The number of hydrogen-bond acceptors (Lipinski definition) is 2. The van der Waals surface area contributed by atoms with E-state index in [2.05, 4.69) is 19.1 Å². The van der Waals surface area contributed by atoms with Crippen LogP contribution in [0.2, 0.25) is 0 Å². The normalized spacial score (nSPS) is 24.4. The van der Waals surface area contributed by atoms with Crippen molar-refractivity contribution < 1.29 is 8.42 Å². The van der Waals surface area contributed by atoms with Crippen LogP contribution in [0.3, 0.4) is 0 Å². The number of nitrogens with zero attached hydrogens (tertiary/aromatic N) is 2. The van der Waals surface area contributed by atoms with Crippen LogP contribution in [0, 0.1) is 5.92 Å². The van der Waals surface area contributed by atoms with E-state index in [1.54, 1.807) is 15.7 Å². The lowest BCUT2D eigenvalue weighted by molar-refractivity contribution is 0.257. The Morgan fingerprint density at radius 1 is 1.14 bits per heavy atom. The van der Waals surface area contributed by atoms with Crippen molar-refractivity contribution >= 4 is 10.2 Å². The van der Waals surface area contributed by atoms with Crippen molar-refractivity contribution in [2.45, 2.75) is 38.6 Å². The number of aryl methyl sites for hydroxylation is 1. The molecule has 1 aliphatic carbocycles. The van der Waals surface area contributed by atoms with Gasteiger partial charge in [-0.25, -0.2) is 0 Å². The van der Waals surface area contributed by atoms with Crippen molar-refractivity contribution in [3.8, 4) is 0 Å². The van der Waals surface area contributed by atoms with E-state index in [1.165, 1.54) is 11.1 Å². The SMILES string of the molecule is CC1CCN(S(=O)(=O)N(C)[C@@H]2CCc3ccccc32)CC1. The van der Waals surface area contributed by atoms with Gasteiger partial charge in [-0.05, 0) is 42.7 Å². The minimum atomic E-state index is -3.34. The first-order valence-corrected chi connectivity index (χ1v) is 9.20. The summed E-state index contributed by atoms with van der Waals surface area (Å²) in [7, 11) is -1.61. The summed E-state index contributed by atoms with van der Waals surface area (Å²) >= 11 is 0. The number of fused-ring (bicyclic) bond motifs is 1. The summed E-state index contributed by atoms with van der Waals surface area (Å²) in [6, 6.07) is 8.20. The van der Waals surface area contributed by atoms with Gasteiger partial charge in [-0.15, -0.1) is 0 Å². The van der Waals surface area contributed by atoms with Gasteiger partial charge in [-0.2, -0.15) is 17.0 Å². The van der Waals surface area contributed by atoms with Crippen LogP contribution in [0.15, 0.2) is 24.3 Å². The second-order valence-corrected chi connectivity index (χ2v) is 8.35. The molecule has 1 fully saturated rings. The lowest BCUT2D eigenvalue weighted by Gasteiger charge is -2.35. The molecule has 2 aliphatic rings. The molecule has 0 radical (unpaired) electrons. The topological polar surface area (TPSA) is 40.6 Å². The lowest BCUT2D eigenvalue weighted by atomic mass is 10.0. The Hall–Kier alpha value is -0.910. The number of benzene rings is 1. The van der Waals surface area contributed by atoms with Crippen LogP contribution in [0.5, 0.6) is 0 Å². The monoisotopic (exact) mass is 308 g/mol. The highest BCUT2D eigenvalue weighted by Gasteiger charge is 2.36. The average Bonchev–Trinajstić information content (AvgIpc) is 2.90. The molecule has 0 bridgehead atoms. The fourth-order valence-electron chi connectivity index (χ4n) is 3.47. The molecule has 1 saturated heterocycles. The standard InChI is InChI=1S/C16H24N2O2S/c1-13-9-11-18(12-10-13)21(19,20)17(2)16-8-7-14-5-3-4-6-15(14)16/h3-6,13,16H,7-12H2,1-2H3/t16-/m1/s1. The van der Waals surface area contributed by atoms with Crippen molar-refractivity contribution in [1.29, 1.82) is 0 Å². The maximum atomic E-state index is 12.8. The van der Waals surface area contributed by atoms with Crippen molar-refractivity contribution in [2.75, 3.05) is 20.1 Å². The van der Waals surface area contributed by atoms with Gasteiger partial charge in [0.15, 0.2) is 0 Å². The van der Waals surface area contributed by atoms with Gasteiger partial charge in [0.2, 0.25) is 0 Å². The van der Waals surface area contributed by atoms with Crippen LogP contribution in [0.4, 0.5) is 0 Å². The summed E-state index contributed by atoms with van der Waals surface area (Å²) in [5.74, 6) is 0.633. The summed E-state index contributed by atoms with van der Waals surface area (Å²) in [5.41, 5.74) is 2.46. The van der Waals surface area contributed by atoms with Gasteiger partial charge in [0.05, 0.1) is 6.04 Å². The van der Waals surface area contributed by atoms with Crippen molar-refractivity contribution in [2.24, 2.45) is 5.92 Å². The minimum absolute atomic E-state index is 0.00875. The second-order valence-electron chi connectivity index (χ2n) is 6.36. The molecular formula is C16H24N2O2S. The van der Waals surface area contributed by atoms with E-state index >= 15 is 0 Å². The molecule has 0 N–H and O–H groups in total. The highest BCUT2D eigenvalue weighted by atomic mass is 32.2. The van der Waals surface area contributed by atoms with E-state index in [1.807, 2.05) is 12.1 Å². The third-order valence-corrected chi connectivity index (χ3v) is 6.97. The highest BCUT2D eigenvalue weighted by molar-refractivity contribution is 7.86. The molecule has 116 valence electrons. The molecule has 3 rings (SSSR count). The molecule has 0 amide bonds. The molecule has 1 aliphatic heterocycles. The van der Waals surface area contributed by atoms with Gasteiger partial charge in [0.1, 0.15) is 0 Å². The number of rotatable bonds is 3. The summed E-state index contributed by atoms with van der Waals surface area (Å²) in [4.78, 5) is 0. The van der Waals surface area contributed by atoms with Gasteiger partial charge in [-0.1, -0.05) is 31.2 Å². The third-order valence-electron chi connectivity index (χ3n) is 4.97. The van der Waals surface area contributed by atoms with Gasteiger partial charge in [-0.3, -0.25) is 0 Å². The third kappa shape index (κ3) is 2.74. The molecular weight excluding hydrogens is 284 g/mol. The van der Waals surface area contributed by atoms with E-state index < -0.39 is 10.2 Å². The molecule has 0 unspecified atom stereocenters. The average molecular weight is 308 g/mol. The second kappa shape index (κ2) is 5.71. The molecule has 5 heteroatoms. The first kappa shape index (κ1) is 15.0. The van der Waals surface area contributed by atoms with E-state index in [9.17, 15) is 8.42 Å². The van der Waals surface area contributed by atoms with E-state index in [4.69, 9.17) is 0 Å². The zero-order valence-electron chi connectivity index (χ0n) is 12.8. The summed E-state index contributed by atoms with van der Waals surface area (Å²) in [6.07, 6.45) is 3.79. The Morgan fingerprint density at radius 2 is 1.81 bits per heavy atom. The van der Waals surface area contributed by atoms with Crippen molar-refractivity contribution in [3.63, 3.8) is 0 Å².